The van der Waals surface area contributed by atoms with E-state index in [1.807, 2.05) is 0 Å². The summed E-state index contributed by atoms with van der Waals surface area (Å²) < 4.78 is 5.33. The maximum Gasteiger partial charge on any atom is 0.152 e. The van der Waals surface area contributed by atoms with E-state index in [1.54, 1.807) is 0 Å². The van der Waals surface area contributed by atoms with Crippen LogP contribution in [-0.2, 0) is 9.53 Å². The van der Waals surface area contributed by atoms with Crippen molar-refractivity contribution in [1.29, 1.82) is 0 Å². The Labute approximate surface area is 106 Å². The standard InChI is InChI=1S/C14H27NO2/c1-12(2)6-5-7-13(16)14(3,4)15-8-10-17-11-9-15/h12H,5-11H2,1-4H3. The highest BCUT2D eigenvalue weighted by Crippen LogP contribution is 2.20. The van der Waals surface area contributed by atoms with Gasteiger partial charge in [0.05, 0.1) is 18.8 Å². The molecule has 0 radical (unpaired) electrons. The third-order valence-corrected chi connectivity index (χ3v) is 3.67. The van der Waals surface area contributed by atoms with Gasteiger partial charge in [-0.1, -0.05) is 20.3 Å². The normalized spacial score (nSPS) is 18.6. The monoisotopic (exact) mass is 241 g/mol. The molecule has 1 rings (SSSR count). The van der Waals surface area contributed by atoms with E-state index in [-0.39, 0.29) is 5.54 Å². The van der Waals surface area contributed by atoms with E-state index in [0.29, 0.717) is 18.1 Å². The lowest BCUT2D eigenvalue weighted by Gasteiger charge is -2.39. The Morgan fingerprint density at radius 2 is 1.88 bits per heavy atom. The quantitative estimate of drug-likeness (QED) is 0.715. The Hall–Kier alpha value is -0.410. The average molecular weight is 241 g/mol. The summed E-state index contributed by atoms with van der Waals surface area (Å²) >= 11 is 0. The summed E-state index contributed by atoms with van der Waals surface area (Å²) in [5, 5.41) is 0. The lowest BCUT2D eigenvalue weighted by atomic mass is 9.91. The minimum Gasteiger partial charge on any atom is -0.379 e. The molecule has 0 aliphatic carbocycles. The molecule has 3 heteroatoms. The topological polar surface area (TPSA) is 29.5 Å². The Bertz CT molecular complexity index is 243. The number of ether oxygens (including phenoxy) is 1. The fourth-order valence-corrected chi connectivity index (χ4v) is 2.28. The zero-order valence-electron chi connectivity index (χ0n) is 11.8. The van der Waals surface area contributed by atoms with Crippen molar-refractivity contribution in [2.24, 2.45) is 5.92 Å². The molecule has 0 N–H and O–H groups in total. The third-order valence-electron chi connectivity index (χ3n) is 3.67. The zero-order chi connectivity index (χ0) is 12.9. The van der Waals surface area contributed by atoms with E-state index in [9.17, 15) is 4.79 Å². The van der Waals surface area contributed by atoms with Crippen LogP contribution in [0.15, 0.2) is 0 Å². The van der Waals surface area contributed by atoms with Crippen LogP contribution in [-0.4, -0.2) is 42.5 Å². The molecule has 1 heterocycles. The molecule has 0 aromatic heterocycles. The van der Waals surface area contributed by atoms with Crippen molar-refractivity contribution in [2.75, 3.05) is 26.3 Å². The molecule has 3 nitrogen and oxygen atoms in total. The van der Waals surface area contributed by atoms with Crippen molar-refractivity contribution in [3.05, 3.63) is 0 Å². The Balaban J connectivity index is 2.41. The van der Waals surface area contributed by atoms with Crippen LogP contribution in [0.1, 0.15) is 47.0 Å². The van der Waals surface area contributed by atoms with Crippen LogP contribution in [0.2, 0.25) is 0 Å². The van der Waals surface area contributed by atoms with Crippen molar-refractivity contribution in [3.63, 3.8) is 0 Å². The predicted molar refractivity (Wildman–Crippen MR) is 70.2 cm³/mol. The van der Waals surface area contributed by atoms with Crippen molar-refractivity contribution in [3.8, 4) is 0 Å². The van der Waals surface area contributed by atoms with E-state index >= 15 is 0 Å². The number of Topliss-reactive ketones (excluding diaryl/α,β-unsaturated/α-hetero) is 1. The predicted octanol–water partition coefficient (Wildman–Crippen LogP) is 2.49. The van der Waals surface area contributed by atoms with Gasteiger partial charge in [-0.2, -0.15) is 0 Å². The summed E-state index contributed by atoms with van der Waals surface area (Å²) in [5.41, 5.74) is -0.319. The summed E-state index contributed by atoms with van der Waals surface area (Å²) in [7, 11) is 0. The Morgan fingerprint density at radius 1 is 1.29 bits per heavy atom. The molecular weight excluding hydrogens is 214 g/mol. The molecule has 0 aromatic rings. The van der Waals surface area contributed by atoms with Gasteiger partial charge in [0, 0.05) is 19.5 Å². The van der Waals surface area contributed by atoms with Crippen molar-refractivity contribution in [2.45, 2.75) is 52.5 Å². The number of morpholine rings is 1. The van der Waals surface area contributed by atoms with Gasteiger partial charge in [0.25, 0.3) is 0 Å². The van der Waals surface area contributed by atoms with E-state index in [0.717, 1.165) is 39.1 Å². The minimum absolute atomic E-state index is 0.319. The highest BCUT2D eigenvalue weighted by Gasteiger charge is 2.34. The van der Waals surface area contributed by atoms with Crippen molar-refractivity contribution < 1.29 is 9.53 Å². The molecule has 17 heavy (non-hydrogen) atoms. The maximum atomic E-state index is 12.3. The Morgan fingerprint density at radius 3 is 2.41 bits per heavy atom. The number of nitrogens with zero attached hydrogens (tertiary/aromatic N) is 1. The van der Waals surface area contributed by atoms with Crippen LogP contribution < -0.4 is 0 Å². The number of carbonyl (C=O) groups excluding carboxylic acids is 1. The molecule has 0 atom stereocenters. The van der Waals surface area contributed by atoms with E-state index in [1.165, 1.54) is 0 Å². The van der Waals surface area contributed by atoms with Gasteiger partial charge in [-0.15, -0.1) is 0 Å². The molecule has 1 aliphatic heterocycles. The fraction of sp³-hybridized carbons (Fsp3) is 0.929. The number of rotatable bonds is 6. The maximum absolute atomic E-state index is 12.3. The van der Waals surface area contributed by atoms with Gasteiger partial charge in [-0.25, -0.2) is 0 Å². The summed E-state index contributed by atoms with van der Waals surface area (Å²) in [4.78, 5) is 14.5. The van der Waals surface area contributed by atoms with Crippen molar-refractivity contribution >= 4 is 5.78 Å². The molecule has 0 bridgehead atoms. The largest absolute Gasteiger partial charge is 0.379 e. The second-order valence-electron chi connectivity index (χ2n) is 5.87. The fourth-order valence-electron chi connectivity index (χ4n) is 2.28. The van der Waals surface area contributed by atoms with E-state index in [4.69, 9.17) is 4.74 Å². The lowest BCUT2D eigenvalue weighted by molar-refractivity contribution is -0.132. The van der Waals surface area contributed by atoms with Crippen LogP contribution in [0.25, 0.3) is 0 Å². The molecule has 1 fully saturated rings. The Kier molecular flexibility index (Phi) is 5.60. The first-order valence-corrected chi connectivity index (χ1v) is 6.80. The van der Waals surface area contributed by atoms with Gasteiger partial charge in [0.15, 0.2) is 5.78 Å². The number of ketones is 1. The van der Waals surface area contributed by atoms with Crippen molar-refractivity contribution in [1.82, 2.24) is 4.90 Å². The first-order valence-electron chi connectivity index (χ1n) is 6.80. The SMILES string of the molecule is CC(C)CCCC(=O)C(C)(C)N1CCOCC1. The van der Waals surface area contributed by atoms with Gasteiger partial charge in [0.2, 0.25) is 0 Å². The first-order chi connectivity index (χ1) is 7.94. The lowest BCUT2D eigenvalue weighted by Crippen LogP contribution is -2.54. The van der Waals surface area contributed by atoms with Gasteiger partial charge in [-0.3, -0.25) is 9.69 Å². The van der Waals surface area contributed by atoms with Gasteiger partial charge in [0.1, 0.15) is 0 Å². The molecule has 100 valence electrons. The molecule has 0 aromatic carbocycles. The summed E-state index contributed by atoms with van der Waals surface area (Å²) in [6, 6.07) is 0. The highest BCUT2D eigenvalue weighted by atomic mass is 16.5. The second kappa shape index (κ2) is 6.50. The number of hydrogen-bond acceptors (Lipinski definition) is 3. The third kappa shape index (κ3) is 4.40. The van der Waals surface area contributed by atoms with Crippen LogP contribution >= 0.6 is 0 Å². The molecular formula is C14H27NO2. The average Bonchev–Trinajstić information content (AvgIpc) is 2.29. The summed E-state index contributed by atoms with van der Waals surface area (Å²) in [6.07, 6.45) is 2.87. The zero-order valence-corrected chi connectivity index (χ0v) is 11.8. The minimum atomic E-state index is -0.319. The molecule has 1 aliphatic rings. The van der Waals surface area contributed by atoms with E-state index in [2.05, 4.69) is 32.6 Å². The van der Waals surface area contributed by atoms with Crippen LogP contribution in [0.4, 0.5) is 0 Å². The smallest absolute Gasteiger partial charge is 0.152 e. The summed E-state index contributed by atoms with van der Waals surface area (Å²) in [6.45, 7) is 11.8. The molecule has 0 saturated carbocycles. The van der Waals surface area contributed by atoms with Gasteiger partial charge >= 0.3 is 0 Å². The second-order valence-corrected chi connectivity index (χ2v) is 5.87. The molecule has 0 unspecified atom stereocenters. The highest BCUT2D eigenvalue weighted by molar-refractivity contribution is 5.87. The van der Waals surface area contributed by atoms with Crippen LogP contribution in [0.5, 0.6) is 0 Å². The molecule has 0 amide bonds. The number of carbonyl (C=O) groups is 1. The van der Waals surface area contributed by atoms with Crippen LogP contribution in [0, 0.1) is 5.92 Å². The van der Waals surface area contributed by atoms with E-state index < -0.39 is 0 Å². The van der Waals surface area contributed by atoms with Crippen LogP contribution in [0.3, 0.4) is 0 Å². The number of hydrogen-bond donors (Lipinski definition) is 0. The van der Waals surface area contributed by atoms with Gasteiger partial charge < -0.3 is 4.74 Å². The molecule has 0 spiro atoms. The van der Waals surface area contributed by atoms with Gasteiger partial charge in [-0.05, 0) is 26.2 Å². The molecule has 1 saturated heterocycles. The first kappa shape index (κ1) is 14.7. The summed E-state index contributed by atoms with van der Waals surface area (Å²) in [5.74, 6) is 1.06.